The van der Waals surface area contributed by atoms with Crippen molar-refractivity contribution in [2.24, 2.45) is 0 Å². The molecule has 21 heavy (non-hydrogen) atoms. The second kappa shape index (κ2) is 5.72. The number of aromatic nitrogens is 2. The summed E-state index contributed by atoms with van der Waals surface area (Å²) >= 11 is 0. The molecule has 4 nitrogen and oxygen atoms in total. The summed E-state index contributed by atoms with van der Waals surface area (Å²) in [6.07, 6.45) is 2.99. The summed E-state index contributed by atoms with van der Waals surface area (Å²) in [6.45, 7) is 9.48. The van der Waals surface area contributed by atoms with Crippen LogP contribution in [0.2, 0.25) is 0 Å². The Morgan fingerprint density at radius 1 is 1.29 bits per heavy atom. The smallest absolute Gasteiger partial charge is 0.150 e. The first-order valence-electron chi connectivity index (χ1n) is 7.62. The molecular formula is C17H22N4. The third-order valence-corrected chi connectivity index (χ3v) is 3.97. The Bertz CT molecular complexity index is 651. The van der Waals surface area contributed by atoms with Crippen molar-refractivity contribution in [3.63, 3.8) is 0 Å². The third kappa shape index (κ3) is 2.71. The van der Waals surface area contributed by atoms with Crippen LogP contribution in [0.5, 0.6) is 0 Å². The number of nitrogens with zero attached hydrogens (tertiary/aromatic N) is 3. The molecule has 0 saturated heterocycles. The van der Waals surface area contributed by atoms with Crippen LogP contribution in [0.1, 0.15) is 24.6 Å². The van der Waals surface area contributed by atoms with Crippen LogP contribution in [0.15, 0.2) is 24.4 Å². The van der Waals surface area contributed by atoms with Crippen molar-refractivity contribution < 1.29 is 0 Å². The van der Waals surface area contributed by atoms with Crippen molar-refractivity contribution in [1.82, 2.24) is 9.97 Å². The van der Waals surface area contributed by atoms with Gasteiger partial charge >= 0.3 is 0 Å². The summed E-state index contributed by atoms with van der Waals surface area (Å²) in [4.78, 5) is 11.5. The normalized spacial score (nSPS) is 14.3. The van der Waals surface area contributed by atoms with Gasteiger partial charge in [0, 0.05) is 37.1 Å². The van der Waals surface area contributed by atoms with E-state index in [4.69, 9.17) is 4.98 Å². The van der Waals surface area contributed by atoms with Crippen molar-refractivity contribution in [2.75, 3.05) is 29.9 Å². The predicted molar refractivity (Wildman–Crippen MR) is 87.9 cm³/mol. The van der Waals surface area contributed by atoms with Crippen LogP contribution in [0.25, 0.3) is 11.3 Å². The molecule has 2 aromatic heterocycles. The summed E-state index contributed by atoms with van der Waals surface area (Å²) in [7, 11) is 0. The first-order chi connectivity index (χ1) is 10.2. The van der Waals surface area contributed by atoms with Gasteiger partial charge in [0.05, 0.1) is 11.4 Å². The number of aryl methyl sites for hydroxylation is 2. The monoisotopic (exact) mass is 282 g/mol. The Balaban J connectivity index is 2.10. The minimum atomic E-state index is 0.981. The highest BCUT2D eigenvalue weighted by molar-refractivity contribution is 5.75. The van der Waals surface area contributed by atoms with Gasteiger partial charge in [0.15, 0.2) is 5.82 Å². The zero-order chi connectivity index (χ0) is 14.8. The van der Waals surface area contributed by atoms with Crippen LogP contribution in [0, 0.1) is 13.8 Å². The molecule has 1 aliphatic heterocycles. The molecule has 0 fully saturated rings. The highest BCUT2D eigenvalue weighted by Crippen LogP contribution is 2.33. The quantitative estimate of drug-likeness (QED) is 0.916. The van der Waals surface area contributed by atoms with Gasteiger partial charge < -0.3 is 10.2 Å². The molecule has 0 aliphatic carbocycles. The summed E-state index contributed by atoms with van der Waals surface area (Å²) in [5.41, 5.74) is 5.69. The molecular weight excluding hydrogens is 260 g/mol. The fourth-order valence-corrected chi connectivity index (χ4v) is 2.95. The van der Waals surface area contributed by atoms with E-state index in [-0.39, 0.29) is 0 Å². The second-order valence-corrected chi connectivity index (χ2v) is 5.57. The maximum atomic E-state index is 4.86. The Morgan fingerprint density at radius 2 is 2.14 bits per heavy atom. The highest BCUT2D eigenvalue weighted by Gasteiger charge is 2.18. The maximum Gasteiger partial charge on any atom is 0.150 e. The summed E-state index contributed by atoms with van der Waals surface area (Å²) in [6, 6.07) is 6.29. The van der Waals surface area contributed by atoms with Gasteiger partial charge in [-0.05, 0) is 51.0 Å². The Hall–Kier alpha value is -2.10. The summed E-state index contributed by atoms with van der Waals surface area (Å²) < 4.78 is 0. The van der Waals surface area contributed by atoms with Crippen LogP contribution in [-0.4, -0.2) is 29.6 Å². The molecule has 0 radical (unpaired) electrons. The standard InChI is InChI=1S/C17H22N4/c1-4-21-9-5-7-19-17-16(21)12(2)10-15(20-17)14-6-8-18-13(3)11-14/h6,8,10-11H,4-5,7,9H2,1-3H3,(H,19,20). The minimum Gasteiger partial charge on any atom is -0.369 e. The molecule has 110 valence electrons. The molecule has 3 rings (SSSR count). The molecule has 0 atom stereocenters. The first kappa shape index (κ1) is 13.9. The summed E-state index contributed by atoms with van der Waals surface area (Å²) in [5, 5.41) is 3.49. The number of fused-ring (bicyclic) bond motifs is 1. The van der Waals surface area contributed by atoms with Crippen molar-refractivity contribution in [3.8, 4) is 11.3 Å². The number of nitrogens with one attached hydrogen (secondary N) is 1. The van der Waals surface area contributed by atoms with Gasteiger partial charge in [-0.2, -0.15) is 0 Å². The van der Waals surface area contributed by atoms with Crippen LogP contribution in [-0.2, 0) is 0 Å². The van der Waals surface area contributed by atoms with Crippen molar-refractivity contribution in [3.05, 3.63) is 35.7 Å². The lowest BCUT2D eigenvalue weighted by atomic mass is 10.1. The lowest BCUT2D eigenvalue weighted by molar-refractivity contribution is 0.784. The SMILES string of the molecule is CCN1CCCNc2nc(-c3ccnc(C)c3)cc(C)c21. The van der Waals surface area contributed by atoms with E-state index in [0.29, 0.717) is 0 Å². The van der Waals surface area contributed by atoms with Crippen LogP contribution < -0.4 is 10.2 Å². The molecule has 0 spiro atoms. The van der Waals surface area contributed by atoms with E-state index in [0.717, 1.165) is 48.8 Å². The minimum absolute atomic E-state index is 0.981. The van der Waals surface area contributed by atoms with Crippen LogP contribution in [0.3, 0.4) is 0 Å². The zero-order valence-corrected chi connectivity index (χ0v) is 13.0. The number of hydrogen-bond acceptors (Lipinski definition) is 4. The van der Waals surface area contributed by atoms with Gasteiger partial charge in [0.2, 0.25) is 0 Å². The summed E-state index contributed by atoms with van der Waals surface area (Å²) in [5.74, 6) is 1.01. The zero-order valence-electron chi connectivity index (χ0n) is 13.0. The van der Waals surface area contributed by atoms with E-state index in [2.05, 4.69) is 41.2 Å². The molecule has 0 unspecified atom stereocenters. The van der Waals surface area contributed by atoms with Gasteiger partial charge in [-0.25, -0.2) is 4.98 Å². The predicted octanol–water partition coefficient (Wildman–Crippen LogP) is 3.40. The molecule has 1 N–H and O–H groups in total. The number of hydrogen-bond donors (Lipinski definition) is 1. The molecule has 3 heterocycles. The van der Waals surface area contributed by atoms with Gasteiger partial charge in [0.1, 0.15) is 0 Å². The molecule has 0 bridgehead atoms. The van der Waals surface area contributed by atoms with Gasteiger partial charge in [-0.15, -0.1) is 0 Å². The van der Waals surface area contributed by atoms with Gasteiger partial charge in [-0.1, -0.05) is 0 Å². The lowest BCUT2D eigenvalue weighted by Crippen LogP contribution is -2.24. The molecule has 2 aromatic rings. The molecule has 0 amide bonds. The van der Waals surface area contributed by atoms with Crippen molar-refractivity contribution >= 4 is 11.5 Å². The Kier molecular flexibility index (Phi) is 3.78. The van der Waals surface area contributed by atoms with E-state index in [1.165, 1.54) is 11.3 Å². The highest BCUT2D eigenvalue weighted by atomic mass is 15.2. The Labute approximate surface area is 126 Å². The number of pyridine rings is 2. The molecule has 0 saturated carbocycles. The van der Waals surface area contributed by atoms with Crippen LogP contribution >= 0.6 is 0 Å². The van der Waals surface area contributed by atoms with Crippen LogP contribution in [0.4, 0.5) is 11.5 Å². The number of rotatable bonds is 2. The fraction of sp³-hybridized carbons (Fsp3) is 0.412. The number of anilines is 2. The lowest BCUT2D eigenvalue weighted by Gasteiger charge is -2.24. The van der Waals surface area contributed by atoms with Gasteiger partial charge in [-0.3, -0.25) is 4.98 Å². The van der Waals surface area contributed by atoms with E-state index >= 15 is 0 Å². The van der Waals surface area contributed by atoms with Crippen molar-refractivity contribution in [2.45, 2.75) is 27.2 Å². The van der Waals surface area contributed by atoms with E-state index in [1.54, 1.807) is 0 Å². The topological polar surface area (TPSA) is 41.0 Å². The maximum absolute atomic E-state index is 4.86. The molecule has 1 aliphatic rings. The van der Waals surface area contributed by atoms with Gasteiger partial charge in [0.25, 0.3) is 0 Å². The third-order valence-electron chi connectivity index (χ3n) is 3.97. The largest absolute Gasteiger partial charge is 0.369 e. The average molecular weight is 282 g/mol. The van der Waals surface area contributed by atoms with E-state index in [1.807, 2.05) is 19.2 Å². The van der Waals surface area contributed by atoms with E-state index in [9.17, 15) is 0 Å². The fourth-order valence-electron chi connectivity index (χ4n) is 2.95. The Morgan fingerprint density at radius 3 is 2.90 bits per heavy atom. The molecule has 0 aromatic carbocycles. The average Bonchev–Trinajstić information content (AvgIpc) is 2.69. The van der Waals surface area contributed by atoms with Crippen molar-refractivity contribution in [1.29, 1.82) is 0 Å². The van der Waals surface area contributed by atoms with E-state index < -0.39 is 0 Å². The molecule has 4 heteroatoms. The first-order valence-corrected chi connectivity index (χ1v) is 7.62. The second-order valence-electron chi connectivity index (χ2n) is 5.57.